The summed E-state index contributed by atoms with van der Waals surface area (Å²) in [6, 6.07) is 3.96. The van der Waals surface area contributed by atoms with Crippen molar-refractivity contribution in [1.29, 1.82) is 0 Å². The van der Waals surface area contributed by atoms with E-state index in [1.54, 1.807) is 18.0 Å². The van der Waals surface area contributed by atoms with E-state index in [2.05, 4.69) is 11.9 Å². The Balaban J connectivity index is 1.74. The molecule has 1 aliphatic heterocycles. The van der Waals surface area contributed by atoms with Crippen molar-refractivity contribution in [3.05, 3.63) is 30.1 Å². The topological polar surface area (TPSA) is 59.2 Å². The van der Waals surface area contributed by atoms with Crippen LogP contribution in [0.2, 0.25) is 0 Å². The highest BCUT2D eigenvalue weighted by Crippen LogP contribution is 2.28. The molecule has 0 aliphatic carbocycles. The van der Waals surface area contributed by atoms with E-state index in [9.17, 15) is 4.79 Å². The van der Waals surface area contributed by atoms with Gasteiger partial charge in [0.2, 0.25) is 5.91 Å². The Bertz CT molecular complexity index is 426. The minimum atomic E-state index is 0.115. The van der Waals surface area contributed by atoms with Gasteiger partial charge in [0.15, 0.2) is 0 Å². The van der Waals surface area contributed by atoms with Gasteiger partial charge in [-0.2, -0.15) is 0 Å². The standard InChI is InChI=1S/C14H21N3OS/c1-14(10-15)4-6-17(11-14)13(18)9-19-8-12-3-2-5-16-7-12/h2-3,5,7H,4,6,8-11,15H2,1H3. The first kappa shape index (κ1) is 14.3. The van der Waals surface area contributed by atoms with Crippen molar-refractivity contribution in [2.75, 3.05) is 25.4 Å². The van der Waals surface area contributed by atoms with Crippen molar-refractivity contribution in [2.45, 2.75) is 19.1 Å². The smallest absolute Gasteiger partial charge is 0.232 e. The van der Waals surface area contributed by atoms with Gasteiger partial charge in [-0.25, -0.2) is 0 Å². The molecule has 1 aliphatic rings. The quantitative estimate of drug-likeness (QED) is 0.887. The molecule has 0 spiro atoms. The van der Waals surface area contributed by atoms with Gasteiger partial charge in [0.05, 0.1) is 5.75 Å². The average Bonchev–Trinajstić information content (AvgIpc) is 2.83. The Labute approximate surface area is 118 Å². The van der Waals surface area contributed by atoms with Crippen LogP contribution in [0.15, 0.2) is 24.5 Å². The van der Waals surface area contributed by atoms with Crippen LogP contribution in [0.3, 0.4) is 0 Å². The third kappa shape index (κ3) is 3.94. The summed E-state index contributed by atoms with van der Waals surface area (Å²) in [5.41, 5.74) is 7.03. The SMILES string of the molecule is CC1(CN)CCN(C(=O)CSCc2cccnc2)C1. The maximum atomic E-state index is 12.1. The van der Waals surface area contributed by atoms with E-state index in [0.717, 1.165) is 30.8 Å². The molecule has 1 saturated heterocycles. The molecule has 1 atom stereocenters. The van der Waals surface area contributed by atoms with E-state index in [1.165, 1.54) is 0 Å². The van der Waals surface area contributed by atoms with E-state index in [1.807, 2.05) is 23.2 Å². The Morgan fingerprint density at radius 1 is 1.63 bits per heavy atom. The molecule has 0 radical (unpaired) electrons. The lowest BCUT2D eigenvalue weighted by molar-refractivity contribution is -0.127. The van der Waals surface area contributed by atoms with Crippen LogP contribution in [0.1, 0.15) is 18.9 Å². The van der Waals surface area contributed by atoms with Crippen LogP contribution in [0, 0.1) is 5.41 Å². The van der Waals surface area contributed by atoms with Gasteiger partial charge in [-0.05, 0) is 30.0 Å². The first-order chi connectivity index (χ1) is 9.13. The molecular formula is C14H21N3OS. The molecule has 0 bridgehead atoms. The molecule has 19 heavy (non-hydrogen) atoms. The summed E-state index contributed by atoms with van der Waals surface area (Å²) in [6.45, 7) is 4.46. The molecule has 104 valence electrons. The van der Waals surface area contributed by atoms with Gasteiger partial charge in [-0.15, -0.1) is 11.8 Å². The minimum absolute atomic E-state index is 0.115. The van der Waals surface area contributed by atoms with Crippen LogP contribution in [0.4, 0.5) is 0 Å². The molecule has 1 aromatic rings. The van der Waals surface area contributed by atoms with E-state index in [0.29, 0.717) is 12.3 Å². The largest absolute Gasteiger partial charge is 0.341 e. The molecule has 2 N–H and O–H groups in total. The predicted octanol–water partition coefficient (Wildman–Crippen LogP) is 1.51. The fourth-order valence-corrected chi connectivity index (χ4v) is 3.10. The van der Waals surface area contributed by atoms with Crippen molar-refractivity contribution < 1.29 is 4.79 Å². The van der Waals surface area contributed by atoms with Crippen molar-refractivity contribution in [2.24, 2.45) is 11.1 Å². The summed E-state index contributed by atoms with van der Waals surface area (Å²) >= 11 is 1.65. The fourth-order valence-electron chi connectivity index (χ4n) is 2.23. The Morgan fingerprint density at radius 2 is 2.47 bits per heavy atom. The highest BCUT2D eigenvalue weighted by Gasteiger charge is 2.34. The third-order valence-electron chi connectivity index (χ3n) is 3.62. The van der Waals surface area contributed by atoms with Crippen LogP contribution in [-0.2, 0) is 10.5 Å². The van der Waals surface area contributed by atoms with Crippen molar-refractivity contribution in [3.8, 4) is 0 Å². The zero-order valence-corrected chi connectivity index (χ0v) is 12.2. The highest BCUT2D eigenvalue weighted by molar-refractivity contribution is 7.99. The second-order valence-corrected chi connectivity index (χ2v) is 6.42. The first-order valence-corrected chi connectivity index (χ1v) is 7.73. The monoisotopic (exact) mass is 279 g/mol. The van der Waals surface area contributed by atoms with Crippen molar-refractivity contribution >= 4 is 17.7 Å². The van der Waals surface area contributed by atoms with Crippen LogP contribution < -0.4 is 5.73 Å². The minimum Gasteiger partial charge on any atom is -0.341 e. The third-order valence-corrected chi connectivity index (χ3v) is 4.61. The van der Waals surface area contributed by atoms with Crippen molar-refractivity contribution in [3.63, 3.8) is 0 Å². The summed E-state index contributed by atoms with van der Waals surface area (Å²) in [4.78, 5) is 18.1. The number of nitrogens with zero attached hydrogens (tertiary/aromatic N) is 2. The lowest BCUT2D eigenvalue weighted by Crippen LogP contribution is -2.35. The number of nitrogens with two attached hydrogens (primary N) is 1. The Hall–Kier alpha value is -1.07. The molecule has 1 amide bonds. The summed E-state index contributed by atoms with van der Waals surface area (Å²) < 4.78 is 0. The number of aromatic nitrogens is 1. The number of amides is 1. The van der Waals surface area contributed by atoms with Crippen LogP contribution in [0.5, 0.6) is 0 Å². The van der Waals surface area contributed by atoms with Gasteiger partial charge in [0, 0.05) is 31.2 Å². The number of likely N-dealkylation sites (tertiary alicyclic amines) is 1. The number of rotatable bonds is 5. The van der Waals surface area contributed by atoms with Crippen LogP contribution in [-0.4, -0.2) is 41.2 Å². The van der Waals surface area contributed by atoms with Crippen molar-refractivity contribution in [1.82, 2.24) is 9.88 Å². The molecule has 2 rings (SSSR count). The van der Waals surface area contributed by atoms with E-state index in [-0.39, 0.29) is 11.3 Å². The van der Waals surface area contributed by atoms with Gasteiger partial charge >= 0.3 is 0 Å². The molecule has 0 aromatic carbocycles. The summed E-state index contributed by atoms with van der Waals surface area (Å²) in [5.74, 6) is 1.60. The average molecular weight is 279 g/mol. The summed E-state index contributed by atoms with van der Waals surface area (Å²) in [7, 11) is 0. The van der Waals surface area contributed by atoms with Gasteiger partial charge in [-0.3, -0.25) is 9.78 Å². The van der Waals surface area contributed by atoms with Crippen LogP contribution >= 0.6 is 11.8 Å². The second-order valence-electron chi connectivity index (χ2n) is 5.43. The van der Waals surface area contributed by atoms with E-state index >= 15 is 0 Å². The van der Waals surface area contributed by atoms with Gasteiger partial charge in [-0.1, -0.05) is 13.0 Å². The normalized spacial score (nSPS) is 22.7. The number of thioether (sulfide) groups is 1. The molecule has 2 heterocycles. The predicted molar refractivity (Wildman–Crippen MR) is 78.8 cm³/mol. The zero-order valence-electron chi connectivity index (χ0n) is 11.3. The summed E-state index contributed by atoms with van der Waals surface area (Å²) in [5, 5.41) is 0. The number of pyridine rings is 1. The first-order valence-electron chi connectivity index (χ1n) is 6.57. The van der Waals surface area contributed by atoms with Gasteiger partial charge < -0.3 is 10.6 Å². The molecule has 5 heteroatoms. The fraction of sp³-hybridized carbons (Fsp3) is 0.571. The lowest BCUT2D eigenvalue weighted by atomic mass is 9.90. The van der Waals surface area contributed by atoms with Crippen LogP contribution in [0.25, 0.3) is 0 Å². The maximum Gasteiger partial charge on any atom is 0.232 e. The molecule has 4 nitrogen and oxygen atoms in total. The molecule has 1 unspecified atom stereocenters. The Morgan fingerprint density at radius 3 is 3.11 bits per heavy atom. The molecule has 1 fully saturated rings. The van der Waals surface area contributed by atoms with E-state index < -0.39 is 0 Å². The maximum absolute atomic E-state index is 12.1. The number of hydrogen-bond acceptors (Lipinski definition) is 4. The lowest BCUT2D eigenvalue weighted by Gasteiger charge is -2.22. The molecular weight excluding hydrogens is 258 g/mol. The summed E-state index contributed by atoms with van der Waals surface area (Å²) in [6.07, 6.45) is 4.62. The van der Waals surface area contributed by atoms with Gasteiger partial charge in [0.25, 0.3) is 0 Å². The molecule has 0 saturated carbocycles. The number of carbonyl (C=O) groups is 1. The zero-order chi connectivity index (χ0) is 13.7. The van der Waals surface area contributed by atoms with E-state index in [4.69, 9.17) is 5.73 Å². The molecule has 1 aromatic heterocycles. The number of hydrogen-bond donors (Lipinski definition) is 1. The highest BCUT2D eigenvalue weighted by atomic mass is 32.2. The number of carbonyl (C=O) groups excluding carboxylic acids is 1. The second kappa shape index (κ2) is 6.39. The van der Waals surface area contributed by atoms with Gasteiger partial charge in [0.1, 0.15) is 0 Å². The Kier molecular flexibility index (Phi) is 4.82.